The van der Waals surface area contributed by atoms with Crippen LogP contribution in [-0.4, -0.2) is 22.6 Å². The van der Waals surface area contributed by atoms with Crippen molar-refractivity contribution in [2.45, 2.75) is 65.4 Å². The molecule has 18 heavy (non-hydrogen) atoms. The van der Waals surface area contributed by atoms with Crippen LogP contribution >= 0.6 is 0 Å². The van der Waals surface area contributed by atoms with Crippen LogP contribution in [0.5, 0.6) is 0 Å². The van der Waals surface area contributed by atoms with Gasteiger partial charge in [-0.1, -0.05) is 19.8 Å². The molecule has 0 amide bonds. The van der Waals surface area contributed by atoms with Gasteiger partial charge in [-0.25, -0.2) is 0 Å². The Morgan fingerprint density at radius 2 is 1.78 bits per heavy atom. The van der Waals surface area contributed by atoms with E-state index in [-0.39, 0.29) is 11.9 Å². The van der Waals surface area contributed by atoms with Gasteiger partial charge in [0.15, 0.2) is 0 Å². The van der Waals surface area contributed by atoms with Crippen molar-refractivity contribution in [1.29, 1.82) is 0 Å². The molecule has 0 radical (unpaired) electrons. The summed E-state index contributed by atoms with van der Waals surface area (Å²) in [5, 5.41) is 9.37. The molecule has 0 saturated heterocycles. The molecule has 0 unspecified atom stereocenters. The van der Waals surface area contributed by atoms with Crippen LogP contribution in [0.25, 0.3) is 0 Å². The molecule has 0 heterocycles. The third kappa shape index (κ3) is 3.72. The molecule has 0 aliphatic heterocycles. The molecule has 1 atom stereocenters. The summed E-state index contributed by atoms with van der Waals surface area (Å²) in [5.41, 5.74) is -1.23. The number of ether oxygens (including phenoxy) is 1. The van der Waals surface area contributed by atoms with Crippen molar-refractivity contribution in [3.63, 3.8) is 0 Å². The number of carboxylic acids is 1. The quantitative estimate of drug-likeness (QED) is 0.785. The molecule has 1 N–H and O–H groups in total. The van der Waals surface area contributed by atoms with Crippen LogP contribution in [0.3, 0.4) is 0 Å². The first-order chi connectivity index (χ1) is 8.16. The number of hydrogen-bond acceptors (Lipinski definition) is 3. The normalized spacial score (nSPS) is 20.4. The Kier molecular flexibility index (Phi) is 4.41. The summed E-state index contributed by atoms with van der Waals surface area (Å²) in [5.74, 6) is -1.43. The van der Waals surface area contributed by atoms with E-state index in [1.807, 2.05) is 20.8 Å². The van der Waals surface area contributed by atoms with Gasteiger partial charge in [0, 0.05) is 0 Å². The lowest BCUT2D eigenvalue weighted by atomic mass is 9.78. The number of rotatable bonds is 4. The maximum absolute atomic E-state index is 11.9. The van der Waals surface area contributed by atoms with E-state index in [0.29, 0.717) is 19.3 Å². The molecule has 4 nitrogen and oxygen atoms in total. The fourth-order valence-electron chi connectivity index (χ4n) is 2.63. The Bertz CT molecular complexity index is 321. The van der Waals surface area contributed by atoms with E-state index < -0.39 is 17.0 Å². The van der Waals surface area contributed by atoms with Gasteiger partial charge in [-0.2, -0.15) is 0 Å². The summed E-state index contributed by atoms with van der Waals surface area (Å²) in [7, 11) is 0. The van der Waals surface area contributed by atoms with Gasteiger partial charge >= 0.3 is 11.9 Å². The lowest BCUT2D eigenvalue weighted by molar-refractivity contribution is -0.162. The summed E-state index contributed by atoms with van der Waals surface area (Å²) in [4.78, 5) is 23.3. The summed E-state index contributed by atoms with van der Waals surface area (Å²) in [6, 6.07) is 0. The zero-order valence-electron chi connectivity index (χ0n) is 11.8. The summed E-state index contributed by atoms with van der Waals surface area (Å²) < 4.78 is 5.30. The highest BCUT2D eigenvalue weighted by Crippen LogP contribution is 2.43. The van der Waals surface area contributed by atoms with Gasteiger partial charge in [-0.3, -0.25) is 9.59 Å². The van der Waals surface area contributed by atoms with Crippen molar-refractivity contribution in [2.24, 2.45) is 11.3 Å². The molecule has 0 spiro atoms. The van der Waals surface area contributed by atoms with Crippen LogP contribution in [0.15, 0.2) is 0 Å². The van der Waals surface area contributed by atoms with E-state index in [9.17, 15) is 14.7 Å². The lowest BCUT2D eigenvalue weighted by Crippen LogP contribution is -2.34. The Balaban J connectivity index is 2.65. The number of hydrogen-bond donors (Lipinski definition) is 1. The first-order valence-electron chi connectivity index (χ1n) is 6.63. The highest BCUT2D eigenvalue weighted by Gasteiger charge is 2.43. The van der Waals surface area contributed by atoms with Crippen LogP contribution in [0.1, 0.15) is 59.8 Å². The van der Waals surface area contributed by atoms with Crippen LogP contribution in [0, 0.1) is 11.3 Å². The predicted octanol–water partition coefficient (Wildman–Crippen LogP) is 3.00. The monoisotopic (exact) mass is 256 g/mol. The van der Waals surface area contributed by atoms with E-state index >= 15 is 0 Å². The molecule has 1 rings (SSSR count). The van der Waals surface area contributed by atoms with Gasteiger partial charge in [0.2, 0.25) is 0 Å². The minimum Gasteiger partial charge on any atom is -0.481 e. The van der Waals surface area contributed by atoms with Crippen molar-refractivity contribution < 1.29 is 19.4 Å². The molecule has 4 heteroatoms. The Hall–Kier alpha value is -1.06. The van der Waals surface area contributed by atoms with Crippen molar-refractivity contribution in [3.8, 4) is 0 Å². The van der Waals surface area contributed by atoms with Crippen LogP contribution in [-0.2, 0) is 14.3 Å². The van der Waals surface area contributed by atoms with E-state index in [4.69, 9.17) is 4.74 Å². The van der Waals surface area contributed by atoms with Gasteiger partial charge in [-0.05, 0) is 40.0 Å². The smallest absolute Gasteiger partial charge is 0.309 e. The zero-order valence-corrected chi connectivity index (χ0v) is 11.8. The molecule has 0 aromatic carbocycles. The summed E-state index contributed by atoms with van der Waals surface area (Å²) in [6.07, 6.45) is 3.61. The molecule has 104 valence electrons. The van der Waals surface area contributed by atoms with Crippen molar-refractivity contribution in [1.82, 2.24) is 0 Å². The molecule has 0 aromatic rings. The highest BCUT2D eigenvalue weighted by atomic mass is 16.6. The first kappa shape index (κ1) is 15.0. The maximum Gasteiger partial charge on any atom is 0.309 e. The second kappa shape index (κ2) is 5.29. The van der Waals surface area contributed by atoms with Gasteiger partial charge in [0.05, 0.1) is 11.3 Å². The maximum atomic E-state index is 11.9. The van der Waals surface area contributed by atoms with Gasteiger partial charge < -0.3 is 9.84 Å². The topological polar surface area (TPSA) is 63.6 Å². The average molecular weight is 256 g/mol. The molecular formula is C14H24O4. The summed E-state index contributed by atoms with van der Waals surface area (Å²) >= 11 is 0. The molecule has 1 aliphatic rings. The van der Waals surface area contributed by atoms with E-state index in [0.717, 1.165) is 12.8 Å². The Labute approximate surface area is 109 Å². The summed E-state index contributed by atoms with van der Waals surface area (Å²) in [6.45, 7) is 7.22. The van der Waals surface area contributed by atoms with Crippen LogP contribution in [0.2, 0.25) is 0 Å². The Morgan fingerprint density at radius 3 is 2.17 bits per heavy atom. The lowest BCUT2D eigenvalue weighted by Gasteiger charge is -2.28. The van der Waals surface area contributed by atoms with Crippen LogP contribution < -0.4 is 0 Å². The van der Waals surface area contributed by atoms with Crippen molar-refractivity contribution in [3.05, 3.63) is 0 Å². The third-order valence-electron chi connectivity index (χ3n) is 3.52. The van der Waals surface area contributed by atoms with Gasteiger partial charge in [0.1, 0.15) is 5.60 Å². The van der Waals surface area contributed by atoms with E-state index in [1.54, 1.807) is 6.92 Å². The van der Waals surface area contributed by atoms with Crippen molar-refractivity contribution in [2.75, 3.05) is 0 Å². The minimum absolute atomic E-state index is 0.296. The molecule has 1 saturated carbocycles. The van der Waals surface area contributed by atoms with Gasteiger partial charge in [0.25, 0.3) is 0 Å². The van der Waals surface area contributed by atoms with Crippen molar-refractivity contribution >= 4 is 11.9 Å². The molecule has 0 bridgehead atoms. The number of esters is 1. The molecule has 1 aliphatic carbocycles. The third-order valence-corrected chi connectivity index (χ3v) is 3.52. The Morgan fingerprint density at radius 1 is 1.28 bits per heavy atom. The average Bonchev–Trinajstić information content (AvgIpc) is 2.64. The van der Waals surface area contributed by atoms with Crippen LogP contribution in [0.4, 0.5) is 0 Å². The highest BCUT2D eigenvalue weighted by molar-refractivity contribution is 5.77. The second-order valence-corrected chi connectivity index (χ2v) is 6.43. The van der Waals surface area contributed by atoms with E-state index in [2.05, 4.69) is 0 Å². The van der Waals surface area contributed by atoms with Gasteiger partial charge in [-0.15, -0.1) is 0 Å². The number of carbonyl (C=O) groups excluding carboxylic acids is 1. The fraction of sp³-hybridized carbons (Fsp3) is 0.857. The molecule has 0 aromatic heterocycles. The first-order valence-corrected chi connectivity index (χ1v) is 6.63. The SMILES string of the molecule is C[C@H](CC1(C(=O)O)CCCC1)C(=O)OC(C)(C)C. The second-order valence-electron chi connectivity index (χ2n) is 6.43. The number of carboxylic acid groups (broad SMARTS) is 1. The van der Waals surface area contributed by atoms with E-state index in [1.165, 1.54) is 0 Å². The number of aliphatic carboxylic acids is 1. The predicted molar refractivity (Wildman–Crippen MR) is 68.2 cm³/mol. The fourth-order valence-corrected chi connectivity index (χ4v) is 2.63. The molecule has 1 fully saturated rings. The molecular weight excluding hydrogens is 232 g/mol. The largest absolute Gasteiger partial charge is 0.481 e. The standard InChI is InChI=1S/C14H24O4/c1-10(11(15)18-13(2,3)4)9-14(12(16)17)7-5-6-8-14/h10H,5-9H2,1-4H3,(H,16,17)/t10-/m1/s1. The minimum atomic E-state index is -0.768. The zero-order chi connectivity index (χ0) is 14.0. The number of carbonyl (C=O) groups is 2.